The van der Waals surface area contributed by atoms with Crippen LogP contribution in [-0.4, -0.2) is 19.5 Å². The standard InChI is InChI=1S/C10H12BrFN2O/c1-13-10(15)4-5-14-9-6-7(12)2-3-8(9)11/h2-3,6,14H,4-5H2,1H3,(H,13,15). The Morgan fingerprint density at radius 1 is 1.53 bits per heavy atom. The van der Waals surface area contributed by atoms with Crippen molar-refractivity contribution in [2.45, 2.75) is 6.42 Å². The Kier molecular flexibility index (Phi) is 4.55. The van der Waals surface area contributed by atoms with E-state index in [-0.39, 0.29) is 11.7 Å². The molecule has 0 aliphatic rings. The third-order valence-electron chi connectivity index (χ3n) is 1.87. The van der Waals surface area contributed by atoms with Crippen LogP contribution in [0.1, 0.15) is 6.42 Å². The van der Waals surface area contributed by atoms with Crippen molar-refractivity contribution in [2.75, 3.05) is 18.9 Å². The molecule has 0 fully saturated rings. The van der Waals surface area contributed by atoms with Crippen molar-refractivity contribution in [1.29, 1.82) is 0 Å². The molecular formula is C10H12BrFN2O. The van der Waals surface area contributed by atoms with Gasteiger partial charge < -0.3 is 10.6 Å². The molecule has 0 bridgehead atoms. The Balaban J connectivity index is 2.50. The van der Waals surface area contributed by atoms with Gasteiger partial charge >= 0.3 is 0 Å². The van der Waals surface area contributed by atoms with Gasteiger partial charge in [0, 0.05) is 24.5 Å². The first-order valence-corrected chi connectivity index (χ1v) is 5.32. The Morgan fingerprint density at radius 2 is 2.27 bits per heavy atom. The maximum Gasteiger partial charge on any atom is 0.221 e. The van der Waals surface area contributed by atoms with E-state index in [1.54, 1.807) is 13.1 Å². The second-order valence-corrected chi connectivity index (χ2v) is 3.83. The van der Waals surface area contributed by atoms with Crippen LogP contribution in [0, 0.1) is 5.82 Å². The van der Waals surface area contributed by atoms with E-state index in [1.165, 1.54) is 12.1 Å². The predicted molar refractivity (Wildman–Crippen MR) is 61.3 cm³/mol. The molecule has 0 spiro atoms. The van der Waals surface area contributed by atoms with E-state index in [9.17, 15) is 9.18 Å². The lowest BCUT2D eigenvalue weighted by Crippen LogP contribution is -2.20. The van der Waals surface area contributed by atoms with Gasteiger partial charge in [0.15, 0.2) is 0 Å². The average Bonchev–Trinajstić information content (AvgIpc) is 2.23. The highest BCUT2D eigenvalue weighted by Crippen LogP contribution is 2.22. The highest BCUT2D eigenvalue weighted by molar-refractivity contribution is 9.10. The summed E-state index contributed by atoms with van der Waals surface area (Å²) in [6.07, 6.45) is 0.361. The van der Waals surface area contributed by atoms with Gasteiger partial charge in [0.2, 0.25) is 5.91 Å². The molecule has 1 aromatic rings. The van der Waals surface area contributed by atoms with Gasteiger partial charge in [0.05, 0.1) is 5.69 Å². The summed E-state index contributed by atoms with van der Waals surface area (Å²) in [4.78, 5) is 10.9. The molecule has 0 radical (unpaired) electrons. The number of carbonyl (C=O) groups is 1. The molecule has 82 valence electrons. The molecule has 1 amide bonds. The molecule has 0 heterocycles. The quantitative estimate of drug-likeness (QED) is 0.883. The highest BCUT2D eigenvalue weighted by atomic mass is 79.9. The Bertz CT molecular complexity index is 357. The fourth-order valence-corrected chi connectivity index (χ4v) is 1.46. The summed E-state index contributed by atoms with van der Waals surface area (Å²) in [7, 11) is 1.58. The van der Waals surface area contributed by atoms with Gasteiger partial charge in [-0.05, 0) is 34.1 Å². The molecule has 0 aromatic heterocycles. The molecule has 0 unspecified atom stereocenters. The number of carbonyl (C=O) groups excluding carboxylic acids is 1. The molecular weight excluding hydrogens is 263 g/mol. The summed E-state index contributed by atoms with van der Waals surface area (Å²) in [5.74, 6) is -0.351. The molecule has 5 heteroatoms. The molecule has 3 nitrogen and oxygen atoms in total. The molecule has 0 aliphatic carbocycles. The van der Waals surface area contributed by atoms with Crippen LogP contribution in [0.5, 0.6) is 0 Å². The normalized spacial score (nSPS) is 9.80. The zero-order chi connectivity index (χ0) is 11.3. The smallest absolute Gasteiger partial charge is 0.221 e. The molecule has 2 N–H and O–H groups in total. The van der Waals surface area contributed by atoms with Crippen molar-refractivity contribution < 1.29 is 9.18 Å². The first-order chi connectivity index (χ1) is 7.13. The van der Waals surface area contributed by atoms with Crippen LogP contribution in [0.15, 0.2) is 22.7 Å². The van der Waals surface area contributed by atoms with E-state index >= 15 is 0 Å². The zero-order valence-corrected chi connectivity index (χ0v) is 9.90. The number of hydrogen-bond acceptors (Lipinski definition) is 2. The minimum absolute atomic E-state index is 0.0463. The molecule has 1 rings (SSSR count). The van der Waals surface area contributed by atoms with Crippen molar-refractivity contribution in [3.63, 3.8) is 0 Å². The lowest BCUT2D eigenvalue weighted by Gasteiger charge is -2.07. The van der Waals surface area contributed by atoms with E-state index in [1.807, 2.05) is 0 Å². The van der Waals surface area contributed by atoms with Gasteiger partial charge in [0.1, 0.15) is 5.82 Å². The second-order valence-electron chi connectivity index (χ2n) is 2.97. The number of nitrogens with one attached hydrogen (secondary N) is 2. The Hall–Kier alpha value is -1.10. The molecule has 0 aliphatic heterocycles. The van der Waals surface area contributed by atoms with E-state index in [2.05, 4.69) is 26.6 Å². The molecule has 15 heavy (non-hydrogen) atoms. The summed E-state index contributed by atoms with van der Waals surface area (Å²) >= 11 is 3.29. The average molecular weight is 275 g/mol. The van der Waals surface area contributed by atoms with Crippen LogP contribution in [0.4, 0.5) is 10.1 Å². The zero-order valence-electron chi connectivity index (χ0n) is 8.31. The van der Waals surface area contributed by atoms with Crippen LogP contribution in [-0.2, 0) is 4.79 Å². The van der Waals surface area contributed by atoms with Gasteiger partial charge in [-0.2, -0.15) is 0 Å². The largest absolute Gasteiger partial charge is 0.384 e. The van der Waals surface area contributed by atoms with Crippen molar-refractivity contribution in [2.24, 2.45) is 0 Å². The van der Waals surface area contributed by atoms with Crippen LogP contribution in [0.2, 0.25) is 0 Å². The third-order valence-corrected chi connectivity index (χ3v) is 2.57. The fraction of sp³-hybridized carbons (Fsp3) is 0.300. The summed E-state index contributed by atoms with van der Waals surface area (Å²) in [6, 6.07) is 4.37. The first kappa shape index (κ1) is 12.0. The van der Waals surface area contributed by atoms with Crippen LogP contribution in [0.25, 0.3) is 0 Å². The summed E-state index contributed by atoms with van der Waals surface area (Å²) in [5, 5.41) is 5.48. The van der Waals surface area contributed by atoms with Gasteiger partial charge in [-0.15, -0.1) is 0 Å². The Labute approximate surface area is 96.2 Å². The summed E-state index contributed by atoms with van der Waals surface area (Å²) in [6.45, 7) is 0.474. The topological polar surface area (TPSA) is 41.1 Å². The third kappa shape index (κ3) is 3.87. The lowest BCUT2D eigenvalue weighted by molar-refractivity contribution is -0.120. The predicted octanol–water partition coefficient (Wildman–Crippen LogP) is 2.14. The van der Waals surface area contributed by atoms with Crippen molar-refractivity contribution in [3.05, 3.63) is 28.5 Å². The lowest BCUT2D eigenvalue weighted by atomic mass is 10.3. The van der Waals surface area contributed by atoms with Crippen molar-refractivity contribution in [1.82, 2.24) is 5.32 Å². The Morgan fingerprint density at radius 3 is 2.93 bits per heavy atom. The number of rotatable bonds is 4. The molecule has 0 atom stereocenters. The fourth-order valence-electron chi connectivity index (χ4n) is 1.07. The first-order valence-electron chi connectivity index (χ1n) is 4.53. The molecule has 0 saturated carbocycles. The van der Waals surface area contributed by atoms with E-state index < -0.39 is 0 Å². The minimum atomic E-state index is -0.305. The van der Waals surface area contributed by atoms with E-state index in [0.717, 1.165) is 4.47 Å². The number of benzene rings is 1. The highest BCUT2D eigenvalue weighted by Gasteiger charge is 2.02. The van der Waals surface area contributed by atoms with Crippen LogP contribution >= 0.6 is 15.9 Å². The van der Waals surface area contributed by atoms with E-state index in [4.69, 9.17) is 0 Å². The maximum atomic E-state index is 12.9. The monoisotopic (exact) mass is 274 g/mol. The number of anilines is 1. The number of halogens is 2. The van der Waals surface area contributed by atoms with Gasteiger partial charge in [0.25, 0.3) is 0 Å². The summed E-state index contributed by atoms with van der Waals surface area (Å²) < 4.78 is 13.6. The maximum absolute atomic E-state index is 12.9. The van der Waals surface area contributed by atoms with Gasteiger partial charge in [-0.3, -0.25) is 4.79 Å². The van der Waals surface area contributed by atoms with Crippen LogP contribution < -0.4 is 10.6 Å². The SMILES string of the molecule is CNC(=O)CCNc1cc(F)ccc1Br. The van der Waals surface area contributed by atoms with Gasteiger partial charge in [-0.1, -0.05) is 0 Å². The minimum Gasteiger partial charge on any atom is -0.384 e. The second kappa shape index (κ2) is 5.70. The van der Waals surface area contributed by atoms with E-state index in [0.29, 0.717) is 18.7 Å². The van der Waals surface area contributed by atoms with Gasteiger partial charge in [-0.25, -0.2) is 4.39 Å². The van der Waals surface area contributed by atoms with Crippen molar-refractivity contribution >= 4 is 27.5 Å². The molecule has 0 saturated heterocycles. The van der Waals surface area contributed by atoms with Crippen LogP contribution in [0.3, 0.4) is 0 Å². The molecule has 1 aromatic carbocycles. The number of hydrogen-bond donors (Lipinski definition) is 2. The summed E-state index contributed by atoms with van der Waals surface area (Å²) in [5.41, 5.74) is 0.652. The van der Waals surface area contributed by atoms with Crippen molar-refractivity contribution in [3.8, 4) is 0 Å². The number of amides is 1.